The van der Waals surface area contributed by atoms with Gasteiger partial charge < -0.3 is 4.90 Å². The van der Waals surface area contributed by atoms with E-state index >= 15 is 0 Å². The minimum atomic E-state index is 0.221. The van der Waals surface area contributed by atoms with Gasteiger partial charge in [-0.15, -0.1) is 0 Å². The van der Waals surface area contributed by atoms with Crippen LogP contribution in [0, 0.1) is 11.8 Å². The van der Waals surface area contributed by atoms with Crippen LogP contribution in [0.3, 0.4) is 0 Å². The molecule has 0 aliphatic carbocycles. The minimum Gasteiger partial charge on any atom is -0.319 e. The second-order valence-corrected chi connectivity index (χ2v) is 3.44. The topological polar surface area (TPSA) is 20.3 Å². The lowest BCUT2D eigenvalue weighted by atomic mass is 9.95. The van der Waals surface area contributed by atoms with Gasteiger partial charge in [-0.25, -0.2) is 0 Å². The minimum absolute atomic E-state index is 0.221. The van der Waals surface area contributed by atoms with Crippen molar-refractivity contribution in [3.63, 3.8) is 0 Å². The summed E-state index contributed by atoms with van der Waals surface area (Å²) in [6.45, 7) is 8.77. The average molecular weight is 153 g/mol. The van der Waals surface area contributed by atoms with Crippen molar-refractivity contribution in [2.45, 2.75) is 20.3 Å². The van der Waals surface area contributed by atoms with E-state index in [1.165, 1.54) is 0 Å². The van der Waals surface area contributed by atoms with E-state index in [0.717, 1.165) is 6.54 Å². The van der Waals surface area contributed by atoms with E-state index in [1.807, 2.05) is 0 Å². The second kappa shape index (κ2) is 3.07. The highest BCUT2D eigenvalue weighted by molar-refractivity contribution is 5.79. The molecule has 2 nitrogen and oxygen atoms in total. The van der Waals surface area contributed by atoms with Crippen molar-refractivity contribution in [3.8, 4) is 0 Å². The first-order valence-corrected chi connectivity index (χ1v) is 4.07. The molecular weight excluding hydrogens is 138 g/mol. The Labute approximate surface area is 67.9 Å². The Kier molecular flexibility index (Phi) is 2.32. The molecule has 0 aromatic carbocycles. The van der Waals surface area contributed by atoms with Crippen molar-refractivity contribution in [3.05, 3.63) is 12.8 Å². The van der Waals surface area contributed by atoms with Gasteiger partial charge in [-0.1, -0.05) is 20.4 Å². The number of amides is 1. The summed E-state index contributed by atoms with van der Waals surface area (Å²) in [6, 6.07) is 0. The number of carbonyl (C=O) groups excluding carboxylic acids is 1. The van der Waals surface area contributed by atoms with Crippen molar-refractivity contribution < 1.29 is 4.79 Å². The molecule has 0 aromatic rings. The van der Waals surface area contributed by atoms with Crippen LogP contribution < -0.4 is 0 Å². The largest absolute Gasteiger partial charge is 0.319 e. The maximum absolute atomic E-state index is 11.2. The Balaban J connectivity index is 2.56. The van der Waals surface area contributed by atoms with Crippen molar-refractivity contribution >= 4 is 5.91 Å². The first-order chi connectivity index (χ1) is 5.15. The molecule has 0 saturated carbocycles. The zero-order valence-corrected chi connectivity index (χ0v) is 7.21. The van der Waals surface area contributed by atoms with Gasteiger partial charge >= 0.3 is 0 Å². The van der Waals surface area contributed by atoms with Gasteiger partial charge in [0.05, 0.1) is 0 Å². The molecule has 1 rings (SSSR count). The number of likely N-dealkylation sites (tertiary alicyclic amines) is 1. The Morgan fingerprint density at radius 3 is 2.64 bits per heavy atom. The predicted molar refractivity (Wildman–Crippen MR) is 44.9 cm³/mol. The SMILES string of the molecule is C=CN1CC(C(C)C)CC1=O. The molecule has 1 saturated heterocycles. The zero-order chi connectivity index (χ0) is 8.43. The molecule has 11 heavy (non-hydrogen) atoms. The summed E-state index contributed by atoms with van der Waals surface area (Å²) in [6.07, 6.45) is 2.33. The van der Waals surface area contributed by atoms with E-state index < -0.39 is 0 Å². The summed E-state index contributed by atoms with van der Waals surface area (Å²) in [5, 5.41) is 0. The van der Waals surface area contributed by atoms with E-state index in [4.69, 9.17) is 0 Å². The molecule has 1 aliphatic rings. The number of hydrogen-bond acceptors (Lipinski definition) is 1. The lowest BCUT2D eigenvalue weighted by Crippen LogP contribution is -2.18. The maximum Gasteiger partial charge on any atom is 0.226 e. The quantitative estimate of drug-likeness (QED) is 0.590. The normalized spacial score (nSPS) is 24.8. The van der Waals surface area contributed by atoms with Gasteiger partial charge in [-0.05, 0) is 18.0 Å². The first-order valence-electron chi connectivity index (χ1n) is 4.07. The number of nitrogens with zero attached hydrogens (tertiary/aromatic N) is 1. The predicted octanol–water partition coefficient (Wildman–Crippen LogP) is 1.63. The summed E-state index contributed by atoms with van der Waals surface area (Å²) in [5.41, 5.74) is 0. The van der Waals surface area contributed by atoms with Gasteiger partial charge in [0.25, 0.3) is 0 Å². The highest BCUT2D eigenvalue weighted by Crippen LogP contribution is 2.24. The summed E-state index contributed by atoms with van der Waals surface area (Å²) in [7, 11) is 0. The lowest BCUT2D eigenvalue weighted by molar-refractivity contribution is -0.125. The van der Waals surface area contributed by atoms with Crippen molar-refractivity contribution in [2.24, 2.45) is 11.8 Å². The first kappa shape index (κ1) is 8.31. The van der Waals surface area contributed by atoms with Gasteiger partial charge in [0.2, 0.25) is 5.91 Å². The smallest absolute Gasteiger partial charge is 0.226 e. The third-order valence-electron chi connectivity index (χ3n) is 2.35. The molecular formula is C9H15NO. The fourth-order valence-electron chi connectivity index (χ4n) is 1.38. The van der Waals surface area contributed by atoms with Crippen molar-refractivity contribution in [1.82, 2.24) is 4.90 Å². The fraction of sp³-hybridized carbons (Fsp3) is 0.667. The fourth-order valence-corrected chi connectivity index (χ4v) is 1.38. The molecule has 0 aromatic heterocycles. The molecule has 0 bridgehead atoms. The molecule has 0 N–H and O–H groups in total. The van der Waals surface area contributed by atoms with E-state index in [2.05, 4.69) is 20.4 Å². The maximum atomic E-state index is 11.2. The standard InChI is InChI=1S/C9H15NO/c1-4-10-6-8(7(2)3)5-9(10)11/h4,7-8H,1,5-6H2,2-3H3. The second-order valence-electron chi connectivity index (χ2n) is 3.44. The van der Waals surface area contributed by atoms with Crippen LogP contribution >= 0.6 is 0 Å². The van der Waals surface area contributed by atoms with Gasteiger partial charge in [0, 0.05) is 13.0 Å². The zero-order valence-electron chi connectivity index (χ0n) is 7.21. The molecule has 1 heterocycles. The molecule has 62 valence electrons. The van der Waals surface area contributed by atoms with Gasteiger partial charge in [-0.2, -0.15) is 0 Å². The third-order valence-corrected chi connectivity index (χ3v) is 2.35. The van der Waals surface area contributed by atoms with Crippen LogP contribution in [0.5, 0.6) is 0 Å². The molecule has 1 unspecified atom stereocenters. The van der Waals surface area contributed by atoms with Crippen LogP contribution in [-0.2, 0) is 4.79 Å². The average Bonchev–Trinajstić information content (AvgIpc) is 2.31. The molecule has 2 heteroatoms. The van der Waals surface area contributed by atoms with Crippen molar-refractivity contribution in [2.75, 3.05) is 6.54 Å². The Hall–Kier alpha value is -0.790. The lowest BCUT2D eigenvalue weighted by Gasteiger charge is -2.13. The van der Waals surface area contributed by atoms with E-state index in [0.29, 0.717) is 18.3 Å². The van der Waals surface area contributed by atoms with E-state index in [9.17, 15) is 4.79 Å². The Morgan fingerprint density at radius 1 is 1.73 bits per heavy atom. The van der Waals surface area contributed by atoms with Crippen LogP contribution in [0.1, 0.15) is 20.3 Å². The molecule has 1 aliphatic heterocycles. The van der Waals surface area contributed by atoms with Crippen molar-refractivity contribution in [1.29, 1.82) is 0 Å². The molecule has 0 radical (unpaired) electrons. The number of carbonyl (C=O) groups is 1. The third kappa shape index (κ3) is 1.62. The summed E-state index contributed by atoms with van der Waals surface area (Å²) in [5.74, 6) is 1.35. The van der Waals surface area contributed by atoms with Gasteiger partial charge in [0.1, 0.15) is 0 Å². The molecule has 0 spiro atoms. The van der Waals surface area contributed by atoms with Gasteiger partial charge in [0.15, 0.2) is 0 Å². The Morgan fingerprint density at radius 2 is 2.36 bits per heavy atom. The summed E-state index contributed by atoms with van der Waals surface area (Å²) in [4.78, 5) is 12.9. The van der Waals surface area contributed by atoms with E-state index in [1.54, 1.807) is 11.1 Å². The summed E-state index contributed by atoms with van der Waals surface area (Å²) < 4.78 is 0. The van der Waals surface area contributed by atoms with Crippen LogP contribution in [-0.4, -0.2) is 17.4 Å². The van der Waals surface area contributed by atoms with Crippen LogP contribution in [0.25, 0.3) is 0 Å². The van der Waals surface area contributed by atoms with E-state index in [-0.39, 0.29) is 5.91 Å². The highest BCUT2D eigenvalue weighted by Gasteiger charge is 2.29. The number of hydrogen-bond donors (Lipinski definition) is 0. The van der Waals surface area contributed by atoms with Crippen LogP contribution in [0.4, 0.5) is 0 Å². The summed E-state index contributed by atoms with van der Waals surface area (Å²) >= 11 is 0. The molecule has 1 amide bonds. The molecule has 1 fully saturated rings. The van der Waals surface area contributed by atoms with Crippen LogP contribution in [0.2, 0.25) is 0 Å². The highest BCUT2D eigenvalue weighted by atomic mass is 16.2. The van der Waals surface area contributed by atoms with Crippen LogP contribution in [0.15, 0.2) is 12.8 Å². The number of rotatable bonds is 2. The monoisotopic (exact) mass is 153 g/mol. The molecule has 1 atom stereocenters. The Bertz CT molecular complexity index is 174. The van der Waals surface area contributed by atoms with Gasteiger partial charge in [-0.3, -0.25) is 4.79 Å².